The molecule has 1 N–H and O–H groups in total. The second-order valence-electron chi connectivity index (χ2n) is 5.70. The molecule has 5 nitrogen and oxygen atoms in total. The summed E-state index contributed by atoms with van der Waals surface area (Å²) in [5.74, 6) is 1.71. The number of thiazole rings is 1. The molecule has 2 aromatic carbocycles. The number of para-hydroxylation sites is 1. The summed E-state index contributed by atoms with van der Waals surface area (Å²) in [5, 5.41) is 6.31. The van der Waals surface area contributed by atoms with Crippen LogP contribution in [0.3, 0.4) is 0 Å². The van der Waals surface area contributed by atoms with Crippen LogP contribution in [0.15, 0.2) is 69.3 Å². The lowest BCUT2D eigenvalue weighted by Crippen LogP contribution is -2.13. The van der Waals surface area contributed by atoms with Gasteiger partial charge in [0.05, 0.1) is 12.9 Å². The summed E-state index contributed by atoms with van der Waals surface area (Å²) < 4.78 is 10.9. The Labute approximate surface area is 164 Å². The number of anilines is 1. The number of nitrogens with one attached hydrogen (secondary N) is 1. The Morgan fingerprint density at radius 2 is 2.04 bits per heavy atom. The molecule has 0 saturated heterocycles. The maximum absolute atomic E-state index is 12.2. The molecule has 0 aliphatic carbocycles. The number of carbonyl (C=O) groups excluding carboxylic acids is 1. The monoisotopic (exact) mass is 396 g/mol. The third-order valence-electron chi connectivity index (χ3n) is 3.86. The van der Waals surface area contributed by atoms with Gasteiger partial charge < -0.3 is 14.5 Å². The summed E-state index contributed by atoms with van der Waals surface area (Å²) in [6, 6.07) is 17.4. The Hall–Kier alpha value is -2.77. The highest BCUT2D eigenvalue weighted by molar-refractivity contribution is 8.00. The minimum absolute atomic E-state index is 0.0960. The van der Waals surface area contributed by atoms with E-state index in [-0.39, 0.29) is 5.91 Å². The molecule has 136 valence electrons. The molecule has 0 radical (unpaired) electrons. The van der Waals surface area contributed by atoms with Gasteiger partial charge in [-0.25, -0.2) is 4.98 Å². The molecular weight excluding hydrogens is 380 g/mol. The summed E-state index contributed by atoms with van der Waals surface area (Å²) in [4.78, 5) is 17.7. The lowest BCUT2D eigenvalue weighted by Gasteiger charge is -2.03. The highest BCUT2D eigenvalue weighted by Crippen LogP contribution is 2.30. The van der Waals surface area contributed by atoms with Crippen LogP contribution in [0, 0.1) is 0 Å². The average molecular weight is 396 g/mol. The molecule has 7 heteroatoms. The van der Waals surface area contributed by atoms with Gasteiger partial charge in [0.1, 0.15) is 17.0 Å². The SMILES string of the molecule is COc1ccc(SCC(=O)Nc2nc(-c3cc4ccccc4o3)cs2)cc1. The molecule has 0 spiro atoms. The molecule has 0 fully saturated rings. The van der Waals surface area contributed by atoms with Crippen LogP contribution in [0.25, 0.3) is 22.4 Å². The topological polar surface area (TPSA) is 64.4 Å². The fourth-order valence-electron chi connectivity index (χ4n) is 2.53. The lowest BCUT2D eigenvalue weighted by atomic mass is 10.2. The lowest BCUT2D eigenvalue weighted by molar-refractivity contribution is -0.113. The number of furan rings is 1. The Kier molecular flexibility index (Phi) is 5.13. The Morgan fingerprint density at radius 1 is 1.22 bits per heavy atom. The minimum Gasteiger partial charge on any atom is -0.497 e. The van der Waals surface area contributed by atoms with Crippen molar-refractivity contribution in [1.29, 1.82) is 0 Å². The van der Waals surface area contributed by atoms with Crippen LogP contribution in [0.5, 0.6) is 5.75 Å². The number of thioether (sulfide) groups is 1. The number of methoxy groups -OCH3 is 1. The number of carbonyl (C=O) groups is 1. The van der Waals surface area contributed by atoms with Crippen molar-refractivity contribution >= 4 is 45.1 Å². The highest BCUT2D eigenvalue weighted by Gasteiger charge is 2.12. The van der Waals surface area contributed by atoms with Crippen molar-refractivity contribution in [2.24, 2.45) is 0 Å². The largest absolute Gasteiger partial charge is 0.497 e. The van der Waals surface area contributed by atoms with E-state index in [1.165, 1.54) is 23.1 Å². The van der Waals surface area contributed by atoms with E-state index in [9.17, 15) is 4.79 Å². The van der Waals surface area contributed by atoms with Crippen LogP contribution in [-0.4, -0.2) is 23.8 Å². The van der Waals surface area contributed by atoms with Gasteiger partial charge in [0.25, 0.3) is 0 Å². The molecule has 0 unspecified atom stereocenters. The van der Waals surface area contributed by atoms with E-state index in [2.05, 4.69) is 10.3 Å². The molecule has 4 rings (SSSR count). The van der Waals surface area contributed by atoms with Crippen LogP contribution in [0.1, 0.15) is 0 Å². The fraction of sp³-hybridized carbons (Fsp3) is 0.100. The van der Waals surface area contributed by atoms with Crippen molar-refractivity contribution in [3.63, 3.8) is 0 Å². The molecular formula is C20H16N2O3S2. The first-order valence-electron chi connectivity index (χ1n) is 8.22. The van der Waals surface area contributed by atoms with Gasteiger partial charge in [-0.3, -0.25) is 4.79 Å². The molecule has 0 aliphatic rings. The van der Waals surface area contributed by atoms with Gasteiger partial charge in [0.2, 0.25) is 5.91 Å². The third-order valence-corrected chi connectivity index (χ3v) is 5.63. The van der Waals surface area contributed by atoms with Gasteiger partial charge in [-0.15, -0.1) is 23.1 Å². The van der Waals surface area contributed by atoms with E-state index in [0.29, 0.717) is 22.3 Å². The second kappa shape index (κ2) is 7.85. The predicted molar refractivity (Wildman–Crippen MR) is 110 cm³/mol. The normalized spacial score (nSPS) is 10.9. The number of fused-ring (bicyclic) bond motifs is 1. The van der Waals surface area contributed by atoms with Crippen molar-refractivity contribution < 1.29 is 13.9 Å². The molecule has 0 atom stereocenters. The molecule has 4 aromatic rings. The first kappa shape index (κ1) is 17.6. The van der Waals surface area contributed by atoms with Gasteiger partial charge >= 0.3 is 0 Å². The van der Waals surface area contributed by atoms with Gasteiger partial charge in [-0.1, -0.05) is 18.2 Å². The van der Waals surface area contributed by atoms with Crippen LogP contribution < -0.4 is 10.1 Å². The van der Waals surface area contributed by atoms with Crippen LogP contribution >= 0.6 is 23.1 Å². The Balaban J connectivity index is 1.37. The fourth-order valence-corrected chi connectivity index (χ4v) is 3.94. The number of nitrogens with zero attached hydrogens (tertiary/aromatic N) is 1. The molecule has 2 heterocycles. The van der Waals surface area contributed by atoms with E-state index in [0.717, 1.165) is 21.6 Å². The third kappa shape index (κ3) is 4.15. The average Bonchev–Trinajstić information content (AvgIpc) is 3.33. The van der Waals surface area contributed by atoms with E-state index < -0.39 is 0 Å². The van der Waals surface area contributed by atoms with Crippen LogP contribution in [-0.2, 0) is 4.79 Å². The number of rotatable bonds is 6. The predicted octanol–water partition coefficient (Wildman–Crippen LogP) is 5.30. The molecule has 2 aromatic heterocycles. The number of amides is 1. The Bertz CT molecular complexity index is 1040. The quantitative estimate of drug-likeness (QED) is 0.448. The smallest absolute Gasteiger partial charge is 0.236 e. The molecule has 1 amide bonds. The minimum atomic E-state index is -0.0960. The number of ether oxygens (including phenoxy) is 1. The van der Waals surface area contributed by atoms with Gasteiger partial charge in [0, 0.05) is 15.7 Å². The first-order chi connectivity index (χ1) is 13.2. The van der Waals surface area contributed by atoms with E-state index in [1.54, 1.807) is 7.11 Å². The maximum atomic E-state index is 12.2. The second-order valence-corrected chi connectivity index (χ2v) is 7.61. The molecule has 0 aliphatic heterocycles. The van der Waals surface area contributed by atoms with E-state index >= 15 is 0 Å². The molecule has 27 heavy (non-hydrogen) atoms. The summed E-state index contributed by atoms with van der Waals surface area (Å²) in [6.07, 6.45) is 0. The zero-order valence-corrected chi connectivity index (χ0v) is 16.1. The van der Waals surface area contributed by atoms with E-state index in [1.807, 2.05) is 60.0 Å². The standard InChI is InChI=1S/C20H16N2O3S2/c1-24-14-6-8-15(9-7-14)26-12-19(23)22-20-21-16(11-27-20)18-10-13-4-2-3-5-17(13)25-18/h2-11H,12H2,1H3,(H,21,22,23). The number of aromatic nitrogens is 1. The molecule has 0 saturated carbocycles. The van der Waals surface area contributed by atoms with Crippen LogP contribution in [0.2, 0.25) is 0 Å². The number of hydrogen-bond acceptors (Lipinski definition) is 6. The van der Waals surface area contributed by atoms with Crippen LogP contribution in [0.4, 0.5) is 5.13 Å². The summed E-state index contributed by atoms with van der Waals surface area (Å²) in [7, 11) is 1.63. The van der Waals surface area contributed by atoms with Gasteiger partial charge in [-0.2, -0.15) is 0 Å². The maximum Gasteiger partial charge on any atom is 0.236 e. The molecule has 0 bridgehead atoms. The van der Waals surface area contributed by atoms with Crippen molar-refractivity contribution in [3.8, 4) is 17.2 Å². The van der Waals surface area contributed by atoms with E-state index in [4.69, 9.17) is 9.15 Å². The van der Waals surface area contributed by atoms with Gasteiger partial charge in [0.15, 0.2) is 10.9 Å². The number of hydrogen-bond donors (Lipinski definition) is 1. The van der Waals surface area contributed by atoms with Gasteiger partial charge in [-0.05, 0) is 36.4 Å². The first-order valence-corrected chi connectivity index (χ1v) is 10.1. The summed E-state index contributed by atoms with van der Waals surface area (Å²) in [5.41, 5.74) is 1.54. The summed E-state index contributed by atoms with van der Waals surface area (Å²) >= 11 is 2.84. The zero-order valence-electron chi connectivity index (χ0n) is 14.5. The summed E-state index contributed by atoms with van der Waals surface area (Å²) in [6.45, 7) is 0. The number of benzene rings is 2. The van der Waals surface area contributed by atoms with Crippen molar-refractivity contribution in [2.75, 3.05) is 18.2 Å². The highest BCUT2D eigenvalue weighted by atomic mass is 32.2. The van der Waals surface area contributed by atoms with Crippen molar-refractivity contribution in [2.45, 2.75) is 4.90 Å². The van der Waals surface area contributed by atoms with Crippen molar-refractivity contribution in [1.82, 2.24) is 4.98 Å². The zero-order chi connectivity index (χ0) is 18.6. The Morgan fingerprint density at radius 3 is 2.81 bits per heavy atom. The van der Waals surface area contributed by atoms with Crippen molar-refractivity contribution in [3.05, 3.63) is 60.0 Å².